The molecule has 0 saturated heterocycles. The van der Waals surface area contributed by atoms with Crippen molar-refractivity contribution in [2.24, 2.45) is 26.0 Å². The maximum atomic E-state index is 14.7. The Hall–Kier alpha value is -2.27. The quantitative estimate of drug-likeness (QED) is 0.125. The van der Waals surface area contributed by atoms with Crippen molar-refractivity contribution in [3.8, 4) is 0 Å². The minimum absolute atomic E-state index is 0. The second-order valence-electron chi connectivity index (χ2n) is 18.6. The van der Waals surface area contributed by atoms with Crippen molar-refractivity contribution in [3.63, 3.8) is 0 Å². The Labute approximate surface area is 436 Å². The van der Waals surface area contributed by atoms with Crippen molar-refractivity contribution in [1.29, 1.82) is 0 Å². The molecule has 2 unspecified atom stereocenters. The number of benzene rings is 4. The van der Waals surface area contributed by atoms with Gasteiger partial charge in [-0.3, -0.25) is 4.99 Å². The van der Waals surface area contributed by atoms with Gasteiger partial charge in [0.05, 0.1) is 34.8 Å². The summed E-state index contributed by atoms with van der Waals surface area (Å²) >= 11 is 9.14. The number of methoxy groups -OCH3 is 2. The molecule has 4 aromatic carbocycles. The first kappa shape index (κ1) is 54.7. The predicted octanol–water partition coefficient (Wildman–Crippen LogP) is 11.1. The first-order valence-electron chi connectivity index (χ1n) is 22.3. The van der Waals surface area contributed by atoms with Crippen molar-refractivity contribution in [1.82, 2.24) is 0 Å². The van der Waals surface area contributed by atoms with Crippen molar-refractivity contribution >= 4 is 82.7 Å². The summed E-state index contributed by atoms with van der Waals surface area (Å²) in [7, 11) is 2.35. The smallest absolute Gasteiger partial charge is 0.383 e. The van der Waals surface area contributed by atoms with Crippen LogP contribution < -0.4 is 24.6 Å². The van der Waals surface area contributed by atoms with Gasteiger partial charge in [-0.05, 0) is 144 Å². The van der Waals surface area contributed by atoms with Gasteiger partial charge in [0, 0.05) is 43.1 Å². The van der Waals surface area contributed by atoms with Crippen molar-refractivity contribution in [2.75, 3.05) is 14.2 Å². The third kappa shape index (κ3) is 11.2. The summed E-state index contributed by atoms with van der Waals surface area (Å²) in [6, 6.07) is 22.7. The summed E-state index contributed by atoms with van der Waals surface area (Å²) < 4.78 is 58.4. The molecule has 348 valence electrons. The number of amidine groups is 1. The molecule has 3 spiro atoms. The fourth-order valence-corrected chi connectivity index (χ4v) is 12.2. The van der Waals surface area contributed by atoms with Crippen LogP contribution in [0.1, 0.15) is 125 Å². The molecule has 2 N–H and O–H groups in total. The number of aliphatic imine (C=N–C) groups is 1. The SMILES string of the molecule is COC1CCC2(CC1)Cc1ccc(Br)cc1C21N=C(N)c2c(F)cccc21.COC1CCC2(CC1)Cc1ccc(Br)cc1C2=NS(=O)C(C)(C)C.[C-]#[N+]c1c(F)cccc1I.[CH2-]CCC.[Li+]. The van der Waals surface area contributed by atoms with Gasteiger partial charge in [-0.2, -0.15) is 10.8 Å². The number of unbranched alkanes of at least 4 members (excludes halogenated alkanes) is 1. The van der Waals surface area contributed by atoms with Crippen LogP contribution >= 0.6 is 54.5 Å². The normalized spacial score (nSPS) is 25.4. The summed E-state index contributed by atoms with van der Waals surface area (Å²) in [6.07, 6.45) is 13.0. The molecule has 7 nitrogen and oxygen atoms in total. The molecule has 66 heavy (non-hydrogen) atoms. The number of fused-ring (bicyclic) bond motifs is 6. The minimum Gasteiger partial charge on any atom is -0.383 e. The fraction of sp³-hybridized carbons (Fsp3) is 0.462. The maximum absolute atomic E-state index is 14.7. The van der Waals surface area contributed by atoms with Gasteiger partial charge >= 0.3 is 18.9 Å². The van der Waals surface area contributed by atoms with E-state index in [9.17, 15) is 13.0 Å². The number of para-hydroxylation sites is 1. The molecule has 4 aromatic rings. The van der Waals surface area contributed by atoms with E-state index in [1.54, 1.807) is 32.4 Å². The molecular weight excluding hydrogens is 1090 g/mol. The molecule has 1 heterocycles. The number of halogens is 5. The molecule has 0 amide bonds. The zero-order valence-electron chi connectivity index (χ0n) is 39.2. The van der Waals surface area contributed by atoms with Gasteiger partial charge in [-0.15, -0.1) is 0 Å². The van der Waals surface area contributed by atoms with Gasteiger partial charge in [-0.25, -0.2) is 17.8 Å². The van der Waals surface area contributed by atoms with Crippen LogP contribution in [-0.4, -0.2) is 46.9 Å². The first-order chi connectivity index (χ1) is 30.9. The van der Waals surface area contributed by atoms with Gasteiger partial charge in [0.15, 0.2) is 0 Å². The van der Waals surface area contributed by atoms with E-state index >= 15 is 0 Å². The number of ether oxygens (including phenoxy) is 2. The average molecular weight is 1150 g/mol. The molecular formula is C52H60Br2F2ILiN4O3S. The van der Waals surface area contributed by atoms with E-state index in [1.807, 2.05) is 49.4 Å². The second kappa shape index (κ2) is 23.1. The second-order valence-corrected chi connectivity index (χ2v) is 23.5. The summed E-state index contributed by atoms with van der Waals surface area (Å²) in [5.74, 6) is -0.402. The van der Waals surface area contributed by atoms with E-state index in [-0.39, 0.29) is 52.0 Å². The Morgan fingerprint density at radius 3 is 2.00 bits per heavy atom. The maximum Gasteiger partial charge on any atom is 1.00 e. The van der Waals surface area contributed by atoms with Crippen LogP contribution in [0.25, 0.3) is 4.85 Å². The van der Waals surface area contributed by atoms with Crippen molar-refractivity contribution in [3.05, 3.63) is 149 Å². The molecule has 2 atom stereocenters. The van der Waals surface area contributed by atoms with Crippen LogP contribution in [0.5, 0.6) is 0 Å². The fourth-order valence-electron chi connectivity index (χ4n) is 10.1. The summed E-state index contributed by atoms with van der Waals surface area (Å²) in [5, 5.41) is 0. The van der Waals surface area contributed by atoms with E-state index < -0.39 is 22.3 Å². The third-order valence-corrected chi connectivity index (χ3v) is 16.9. The average Bonchev–Trinajstić information content (AvgIpc) is 3.85. The van der Waals surface area contributed by atoms with Crippen LogP contribution in [0.3, 0.4) is 0 Å². The molecule has 2 saturated carbocycles. The molecule has 2 fully saturated rings. The van der Waals surface area contributed by atoms with Gasteiger partial charge < -0.3 is 22.1 Å². The molecule has 0 radical (unpaired) electrons. The Morgan fingerprint density at radius 1 is 0.894 bits per heavy atom. The molecule has 0 aromatic heterocycles. The summed E-state index contributed by atoms with van der Waals surface area (Å²) in [5.41, 5.74) is 13.2. The number of nitrogens with two attached hydrogens (primary N) is 1. The van der Waals surface area contributed by atoms with E-state index in [1.165, 1.54) is 40.8 Å². The van der Waals surface area contributed by atoms with Gasteiger partial charge in [0.2, 0.25) is 5.69 Å². The van der Waals surface area contributed by atoms with E-state index in [2.05, 4.69) is 87.0 Å². The number of hydrogen-bond donors (Lipinski definition) is 1. The Bertz CT molecular complexity index is 2470. The van der Waals surface area contributed by atoms with E-state index in [0.29, 0.717) is 21.1 Å². The zero-order valence-corrected chi connectivity index (χ0v) is 45.4. The van der Waals surface area contributed by atoms with Crippen LogP contribution in [0.15, 0.2) is 91.1 Å². The molecule has 14 heteroatoms. The molecule has 9 rings (SSSR count). The molecule has 5 aliphatic rings. The van der Waals surface area contributed by atoms with Crippen molar-refractivity contribution < 1.29 is 41.3 Å². The number of nitrogens with zero attached hydrogens (tertiary/aromatic N) is 3. The zero-order chi connectivity index (χ0) is 47.3. The Morgan fingerprint density at radius 2 is 1.45 bits per heavy atom. The first-order valence-corrected chi connectivity index (χ1v) is 26.1. The van der Waals surface area contributed by atoms with Gasteiger partial charge in [-0.1, -0.05) is 104 Å². The van der Waals surface area contributed by atoms with Crippen molar-refractivity contribution in [2.45, 2.75) is 127 Å². The number of hydrogen-bond acceptors (Lipinski definition) is 5. The van der Waals surface area contributed by atoms with Crippen LogP contribution in [0, 0.1) is 39.5 Å². The molecule has 0 bridgehead atoms. The molecule has 4 aliphatic carbocycles. The monoisotopic (exact) mass is 1150 g/mol. The van der Waals surface area contributed by atoms with Gasteiger partial charge in [0.25, 0.3) is 0 Å². The molecule has 1 aliphatic heterocycles. The van der Waals surface area contributed by atoms with Crippen LogP contribution in [0.2, 0.25) is 0 Å². The summed E-state index contributed by atoms with van der Waals surface area (Å²) in [4.78, 5) is 8.09. The van der Waals surface area contributed by atoms with E-state index in [4.69, 9.17) is 31.2 Å². The standard InChI is InChI=1S/C22H22BrFN2O.C19H26BrNO2S.C7H3FIN.C4H9.Li/c1-27-15-7-9-21(10-8-15)12-13-5-6-14(23)11-17(13)22(21)16-3-2-4-18(24)19(16)20(25)26-22;1-18(2,3)24(22)21-17-16-11-14(20)6-5-13(16)12-19(17)9-7-15(23-4)8-10-19;1-10-7-5(8)3-2-4-6(7)9;1-3-4-2;/h2-6,11,15H,7-10,12H2,1H3,(H2,25,26);5-6,11,15H,7-10,12H2,1-4H3;2-4H;1,3-4H2,2H3;/q;;;-1;+1. The largest absolute Gasteiger partial charge is 1.00 e. The minimum atomic E-state index is -1.24. The van der Waals surface area contributed by atoms with Crippen LogP contribution in [-0.2, 0) is 38.8 Å². The third-order valence-electron chi connectivity index (χ3n) is 13.6. The predicted molar refractivity (Wildman–Crippen MR) is 277 cm³/mol. The van der Waals surface area contributed by atoms with E-state index in [0.717, 1.165) is 90.8 Å². The Kier molecular flexibility index (Phi) is 19.1. The topological polar surface area (TPSA) is 90.6 Å². The van der Waals surface area contributed by atoms with Crippen LogP contribution in [0.4, 0.5) is 14.5 Å². The number of rotatable bonds is 4. The summed E-state index contributed by atoms with van der Waals surface area (Å²) in [6.45, 7) is 18.3. The van der Waals surface area contributed by atoms with Gasteiger partial charge in [0.1, 0.15) is 34.0 Å². The Balaban J connectivity index is 0.000000191.